The highest BCUT2D eigenvalue weighted by Crippen LogP contribution is 2.36. The van der Waals surface area contributed by atoms with Crippen LogP contribution in [0.5, 0.6) is 5.88 Å². The Balaban J connectivity index is 1.48. The summed E-state index contributed by atoms with van der Waals surface area (Å²) in [5.74, 6) is -0.146. The Kier molecular flexibility index (Phi) is 5.96. The lowest BCUT2D eigenvalue weighted by molar-refractivity contribution is -0.0196. The van der Waals surface area contributed by atoms with Crippen LogP contribution in [-0.4, -0.2) is 73.6 Å². The number of nitrogens with one attached hydrogen (secondary N) is 1. The summed E-state index contributed by atoms with van der Waals surface area (Å²) in [6, 6.07) is 4.87. The highest BCUT2D eigenvalue weighted by atomic mass is 19.3. The number of alkyl halides is 2. The molecule has 0 bridgehead atoms. The van der Waals surface area contributed by atoms with Crippen molar-refractivity contribution in [2.24, 2.45) is 0 Å². The lowest BCUT2D eigenvalue weighted by Crippen LogP contribution is -2.41. The van der Waals surface area contributed by atoms with E-state index in [0.29, 0.717) is 28.7 Å². The van der Waals surface area contributed by atoms with Crippen LogP contribution < -0.4 is 10.1 Å². The zero-order valence-electron chi connectivity index (χ0n) is 18.2. The van der Waals surface area contributed by atoms with Crippen molar-refractivity contribution < 1.29 is 27.8 Å². The molecule has 4 aromatic rings. The first-order chi connectivity index (χ1) is 16.5. The summed E-state index contributed by atoms with van der Waals surface area (Å²) in [6.45, 7) is -0.345. The van der Waals surface area contributed by atoms with E-state index in [1.165, 1.54) is 17.8 Å². The molecule has 1 fully saturated rings. The number of fused-ring (bicyclic) bond motifs is 2. The maximum atomic E-state index is 15.1. The van der Waals surface area contributed by atoms with Crippen LogP contribution in [0.2, 0.25) is 0 Å². The molecule has 0 atom stereocenters. The molecule has 2 N–H and O–H groups in total. The molecule has 1 aromatic carbocycles. The fourth-order valence-electron chi connectivity index (χ4n) is 4.11. The van der Waals surface area contributed by atoms with Gasteiger partial charge in [0.25, 0.3) is 6.43 Å². The van der Waals surface area contributed by atoms with Crippen LogP contribution in [0.1, 0.15) is 12.8 Å². The number of ether oxygens (including phenoxy) is 2. The van der Waals surface area contributed by atoms with Crippen LogP contribution in [0.3, 0.4) is 0 Å². The van der Waals surface area contributed by atoms with Gasteiger partial charge in [0.15, 0.2) is 5.82 Å². The number of aliphatic hydroxyl groups excluding tert-OH is 1. The Labute approximate surface area is 191 Å². The SMILES string of the molecule is COc1nc(NC2CC(OCCO)C2)nn2cc(F)c(-c3ccc4nnn(CC(F)F)c4c3)c12. The van der Waals surface area contributed by atoms with E-state index in [4.69, 9.17) is 14.6 Å². The molecule has 13 heteroatoms. The second-order valence-electron chi connectivity index (χ2n) is 7.99. The van der Waals surface area contributed by atoms with Crippen LogP contribution in [-0.2, 0) is 11.3 Å². The van der Waals surface area contributed by atoms with Crippen molar-refractivity contribution in [3.63, 3.8) is 0 Å². The Bertz CT molecular complexity index is 1320. The highest BCUT2D eigenvalue weighted by molar-refractivity contribution is 5.89. The topological polar surface area (TPSA) is 112 Å². The summed E-state index contributed by atoms with van der Waals surface area (Å²) in [4.78, 5) is 4.40. The number of nitrogens with zero attached hydrogens (tertiary/aromatic N) is 6. The third kappa shape index (κ3) is 4.12. The van der Waals surface area contributed by atoms with Crippen LogP contribution in [0.25, 0.3) is 27.7 Å². The van der Waals surface area contributed by atoms with Crippen LogP contribution in [0.4, 0.5) is 19.1 Å². The van der Waals surface area contributed by atoms with Gasteiger partial charge in [-0.1, -0.05) is 11.3 Å². The predicted octanol–water partition coefficient (Wildman–Crippen LogP) is 2.51. The first-order valence-corrected chi connectivity index (χ1v) is 10.7. The average Bonchev–Trinajstić information content (AvgIpc) is 3.33. The first kappa shape index (κ1) is 22.3. The molecule has 34 heavy (non-hydrogen) atoms. The van der Waals surface area contributed by atoms with Gasteiger partial charge in [-0.15, -0.1) is 10.2 Å². The van der Waals surface area contributed by atoms with E-state index in [1.54, 1.807) is 18.2 Å². The molecule has 180 valence electrons. The molecule has 1 saturated carbocycles. The minimum atomic E-state index is -2.60. The Morgan fingerprint density at radius 3 is 2.85 bits per heavy atom. The highest BCUT2D eigenvalue weighted by Gasteiger charge is 2.31. The second kappa shape index (κ2) is 9.06. The summed E-state index contributed by atoms with van der Waals surface area (Å²) < 4.78 is 54.3. The Hall–Kier alpha value is -3.45. The van der Waals surface area contributed by atoms with Gasteiger partial charge in [-0.25, -0.2) is 22.4 Å². The number of hydrogen-bond acceptors (Lipinski definition) is 8. The Morgan fingerprint density at radius 1 is 1.29 bits per heavy atom. The van der Waals surface area contributed by atoms with Crippen molar-refractivity contribution in [1.82, 2.24) is 29.6 Å². The van der Waals surface area contributed by atoms with Crippen molar-refractivity contribution in [2.75, 3.05) is 25.6 Å². The molecule has 0 unspecified atom stereocenters. The maximum absolute atomic E-state index is 15.1. The first-order valence-electron chi connectivity index (χ1n) is 10.7. The summed E-state index contributed by atoms with van der Waals surface area (Å²) in [6.07, 6.45) is 0.137. The predicted molar refractivity (Wildman–Crippen MR) is 115 cm³/mol. The molecule has 0 spiro atoms. The standard InChI is InChI=1S/C21H22F3N7O3/c1-33-20-19-18(11-2-3-15-16(6-11)30(29-27-15)10-17(23)24)14(22)9-31(19)28-21(26-20)25-12-7-13(8-12)34-5-4-32/h2-3,6,9,12-13,17,32H,4-5,7-8,10H2,1H3,(H,25,28). The van der Waals surface area contributed by atoms with Gasteiger partial charge in [-0.3, -0.25) is 0 Å². The van der Waals surface area contributed by atoms with Gasteiger partial charge in [0.2, 0.25) is 11.8 Å². The number of anilines is 1. The third-order valence-electron chi connectivity index (χ3n) is 5.73. The minimum absolute atomic E-state index is 0.0227. The van der Waals surface area contributed by atoms with Crippen LogP contribution >= 0.6 is 0 Å². The summed E-state index contributed by atoms with van der Waals surface area (Å²) in [5, 5.41) is 24.1. The van der Waals surface area contributed by atoms with Gasteiger partial charge >= 0.3 is 0 Å². The molecule has 3 aromatic heterocycles. The smallest absolute Gasteiger partial charge is 0.258 e. The monoisotopic (exact) mass is 477 g/mol. The van der Waals surface area contributed by atoms with E-state index in [1.807, 2.05) is 0 Å². The van der Waals surface area contributed by atoms with Gasteiger partial charge in [0.1, 0.15) is 17.6 Å². The molecule has 10 nitrogen and oxygen atoms in total. The minimum Gasteiger partial charge on any atom is -0.479 e. The van der Waals surface area contributed by atoms with E-state index < -0.39 is 18.8 Å². The van der Waals surface area contributed by atoms with E-state index in [0.717, 1.165) is 17.5 Å². The molecular formula is C21H22F3N7O3. The second-order valence-corrected chi connectivity index (χ2v) is 7.99. The fourth-order valence-corrected chi connectivity index (χ4v) is 4.11. The average molecular weight is 477 g/mol. The molecule has 1 aliphatic rings. The number of halogens is 3. The zero-order chi connectivity index (χ0) is 23.8. The zero-order valence-corrected chi connectivity index (χ0v) is 18.2. The van der Waals surface area contributed by atoms with Gasteiger partial charge in [0.05, 0.1) is 43.7 Å². The molecule has 0 radical (unpaired) electrons. The molecule has 0 amide bonds. The molecular weight excluding hydrogens is 455 g/mol. The quantitative estimate of drug-likeness (QED) is 0.378. The Morgan fingerprint density at radius 2 is 2.12 bits per heavy atom. The number of aromatic nitrogens is 6. The summed E-state index contributed by atoms with van der Waals surface area (Å²) >= 11 is 0. The normalized spacial score (nSPS) is 18.1. The van der Waals surface area contributed by atoms with Crippen molar-refractivity contribution in [3.05, 3.63) is 30.2 Å². The van der Waals surface area contributed by atoms with E-state index >= 15 is 4.39 Å². The molecule has 5 rings (SSSR count). The number of benzene rings is 1. The lowest BCUT2D eigenvalue weighted by Gasteiger charge is -2.35. The fraction of sp³-hybridized carbons (Fsp3) is 0.429. The third-order valence-corrected chi connectivity index (χ3v) is 5.73. The molecule has 3 heterocycles. The van der Waals surface area contributed by atoms with E-state index in [2.05, 4.69) is 25.7 Å². The number of aliphatic hydroxyl groups is 1. The van der Waals surface area contributed by atoms with E-state index in [-0.39, 0.29) is 36.1 Å². The maximum Gasteiger partial charge on any atom is 0.258 e. The van der Waals surface area contributed by atoms with Crippen molar-refractivity contribution in [2.45, 2.75) is 38.0 Å². The van der Waals surface area contributed by atoms with Gasteiger partial charge in [0, 0.05) is 6.04 Å². The lowest BCUT2D eigenvalue weighted by atomic mass is 9.89. The van der Waals surface area contributed by atoms with Gasteiger partial charge in [-0.2, -0.15) is 4.98 Å². The van der Waals surface area contributed by atoms with Crippen LogP contribution in [0.15, 0.2) is 24.4 Å². The molecule has 1 aliphatic carbocycles. The number of methoxy groups -OCH3 is 1. The number of hydrogen-bond donors (Lipinski definition) is 2. The van der Waals surface area contributed by atoms with Crippen molar-refractivity contribution in [3.8, 4) is 17.0 Å². The molecule has 0 aliphatic heterocycles. The number of rotatable bonds is 9. The molecule has 0 saturated heterocycles. The summed E-state index contributed by atoms with van der Waals surface area (Å²) in [5.41, 5.74) is 1.69. The van der Waals surface area contributed by atoms with Crippen molar-refractivity contribution in [1.29, 1.82) is 0 Å². The largest absolute Gasteiger partial charge is 0.479 e. The van der Waals surface area contributed by atoms with Crippen LogP contribution in [0, 0.1) is 5.82 Å². The van der Waals surface area contributed by atoms with Gasteiger partial charge in [-0.05, 0) is 30.5 Å². The van der Waals surface area contributed by atoms with Crippen molar-refractivity contribution >= 4 is 22.5 Å². The van der Waals surface area contributed by atoms with E-state index in [9.17, 15) is 8.78 Å². The van der Waals surface area contributed by atoms with Gasteiger partial charge < -0.3 is 19.9 Å². The summed E-state index contributed by atoms with van der Waals surface area (Å²) in [7, 11) is 1.42.